The zero-order chi connectivity index (χ0) is 19.2. The quantitative estimate of drug-likeness (QED) is 0.772. The number of benzene rings is 1. The van der Waals surface area contributed by atoms with E-state index in [2.05, 4.69) is 15.3 Å². The van der Waals surface area contributed by atoms with E-state index in [-0.39, 0.29) is 17.4 Å². The van der Waals surface area contributed by atoms with Gasteiger partial charge in [-0.15, -0.1) is 0 Å². The van der Waals surface area contributed by atoms with Crippen LogP contribution in [0.25, 0.3) is 0 Å². The largest absolute Gasteiger partial charge is 0.350 e. The van der Waals surface area contributed by atoms with Crippen LogP contribution in [0.3, 0.4) is 0 Å². The average molecular weight is 371 g/mol. The molecule has 1 saturated heterocycles. The van der Waals surface area contributed by atoms with Gasteiger partial charge in [-0.3, -0.25) is 9.59 Å². The number of aromatic nitrogens is 2. The third-order valence-electron chi connectivity index (χ3n) is 4.46. The first kappa shape index (κ1) is 18.8. The fourth-order valence-electron chi connectivity index (χ4n) is 2.94. The van der Waals surface area contributed by atoms with Crippen molar-refractivity contribution in [2.75, 3.05) is 37.6 Å². The van der Waals surface area contributed by atoms with E-state index >= 15 is 0 Å². The minimum atomic E-state index is -0.315. The van der Waals surface area contributed by atoms with Crippen LogP contribution in [0.15, 0.2) is 30.3 Å². The second-order valence-electron chi connectivity index (χ2n) is 6.42. The number of amides is 2. The highest BCUT2D eigenvalue weighted by atomic mass is 19.1. The Bertz CT molecular complexity index is 821. The maximum atomic E-state index is 13.6. The van der Waals surface area contributed by atoms with E-state index < -0.39 is 0 Å². The smallest absolute Gasteiger partial charge is 0.270 e. The molecule has 2 heterocycles. The van der Waals surface area contributed by atoms with Crippen LogP contribution >= 0.6 is 0 Å². The number of piperazine rings is 1. The topological polar surface area (TPSA) is 78.4 Å². The first-order chi connectivity index (χ1) is 13.1. The molecule has 8 heteroatoms. The highest BCUT2D eigenvalue weighted by Crippen LogP contribution is 2.13. The Labute approximate surface area is 157 Å². The Morgan fingerprint density at radius 3 is 2.67 bits per heavy atom. The van der Waals surface area contributed by atoms with E-state index in [0.29, 0.717) is 56.4 Å². The standard InChI is InChI=1S/C19H22FN5O2/c1-14-12-17(18(27)21-7-6-15-4-2-3-5-16(15)20)23-19(22-14)25-10-8-24(13-26)9-11-25/h2-5,12-13H,6-11H2,1H3,(H,21,27). The highest BCUT2D eigenvalue weighted by molar-refractivity contribution is 5.92. The van der Waals surface area contributed by atoms with E-state index in [0.717, 1.165) is 6.41 Å². The minimum Gasteiger partial charge on any atom is -0.350 e. The number of carbonyl (C=O) groups is 2. The predicted octanol–water partition coefficient (Wildman–Crippen LogP) is 1.18. The van der Waals surface area contributed by atoms with E-state index in [1.54, 1.807) is 29.2 Å². The third-order valence-corrected chi connectivity index (χ3v) is 4.46. The summed E-state index contributed by atoms with van der Waals surface area (Å²) in [5.74, 6) is -0.106. The summed E-state index contributed by atoms with van der Waals surface area (Å²) >= 11 is 0. The maximum absolute atomic E-state index is 13.6. The molecule has 1 aliphatic rings. The molecule has 7 nitrogen and oxygen atoms in total. The number of rotatable bonds is 6. The molecule has 1 aromatic heterocycles. The number of halogens is 1. The van der Waals surface area contributed by atoms with E-state index in [4.69, 9.17) is 0 Å². The van der Waals surface area contributed by atoms with Gasteiger partial charge in [0.25, 0.3) is 5.91 Å². The second-order valence-corrected chi connectivity index (χ2v) is 6.42. The van der Waals surface area contributed by atoms with Gasteiger partial charge < -0.3 is 15.1 Å². The van der Waals surface area contributed by atoms with Gasteiger partial charge in [0.05, 0.1) is 0 Å². The zero-order valence-electron chi connectivity index (χ0n) is 15.2. The summed E-state index contributed by atoms with van der Waals surface area (Å²) in [4.78, 5) is 35.7. The first-order valence-corrected chi connectivity index (χ1v) is 8.88. The molecule has 0 spiro atoms. The summed E-state index contributed by atoms with van der Waals surface area (Å²) in [7, 11) is 0. The maximum Gasteiger partial charge on any atom is 0.270 e. The Balaban J connectivity index is 1.62. The van der Waals surface area contributed by atoms with E-state index in [1.165, 1.54) is 6.07 Å². The van der Waals surface area contributed by atoms with Gasteiger partial charge in [-0.1, -0.05) is 18.2 Å². The molecule has 0 unspecified atom stereocenters. The number of nitrogens with one attached hydrogen (secondary N) is 1. The summed E-state index contributed by atoms with van der Waals surface area (Å²) < 4.78 is 13.6. The Kier molecular flexibility index (Phi) is 5.95. The van der Waals surface area contributed by atoms with Crippen molar-refractivity contribution in [1.82, 2.24) is 20.2 Å². The average Bonchev–Trinajstić information content (AvgIpc) is 2.69. The second kappa shape index (κ2) is 8.57. The lowest BCUT2D eigenvalue weighted by atomic mass is 10.1. The molecule has 1 N–H and O–H groups in total. The highest BCUT2D eigenvalue weighted by Gasteiger charge is 2.20. The van der Waals surface area contributed by atoms with Crippen LogP contribution < -0.4 is 10.2 Å². The van der Waals surface area contributed by atoms with Crippen LogP contribution in [0.1, 0.15) is 21.7 Å². The molecule has 0 aliphatic carbocycles. The first-order valence-electron chi connectivity index (χ1n) is 8.88. The van der Waals surface area contributed by atoms with Crippen LogP contribution in [-0.2, 0) is 11.2 Å². The molecule has 2 amide bonds. The van der Waals surface area contributed by atoms with Crippen molar-refractivity contribution in [1.29, 1.82) is 0 Å². The molecule has 0 bridgehead atoms. The molecular formula is C19H22FN5O2. The predicted molar refractivity (Wildman–Crippen MR) is 99.1 cm³/mol. The SMILES string of the molecule is Cc1cc(C(=O)NCCc2ccccc2F)nc(N2CCN(C=O)CC2)n1. The van der Waals surface area contributed by atoms with Crippen LogP contribution in [0, 0.1) is 12.7 Å². The van der Waals surface area contributed by atoms with Crippen molar-refractivity contribution in [3.05, 3.63) is 53.1 Å². The van der Waals surface area contributed by atoms with Crippen molar-refractivity contribution in [2.45, 2.75) is 13.3 Å². The van der Waals surface area contributed by atoms with Crippen molar-refractivity contribution >= 4 is 18.3 Å². The summed E-state index contributed by atoms with van der Waals surface area (Å²) in [6.45, 7) is 4.57. The van der Waals surface area contributed by atoms with E-state index in [9.17, 15) is 14.0 Å². The lowest BCUT2D eigenvalue weighted by molar-refractivity contribution is -0.118. The summed E-state index contributed by atoms with van der Waals surface area (Å²) in [6.07, 6.45) is 1.24. The number of carbonyl (C=O) groups excluding carboxylic acids is 2. The van der Waals surface area contributed by atoms with Gasteiger partial charge in [0.15, 0.2) is 0 Å². The number of anilines is 1. The molecule has 1 fully saturated rings. The van der Waals surface area contributed by atoms with Crippen molar-refractivity contribution in [3.63, 3.8) is 0 Å². The summed E-state index contributed by atoms with van der Waals surface area (Å²) in [6, 6.07) is 8.14. The lowest BCUT2D eigenvalue weighted by Crippen LogP contribution is -2.46. The molecule has 3 rings (SSSR count). The summed E-state index contributed by atoms with van der Waals surface area (Å²) in [5.41, 5.74) is 1.53. The molecule has 0 radical (unpaired) electrons. The third kappa shape index (κ3) is 4.78. The van der Waals surface area contributed by atoms with Gasteiger partial charge in [-0.05, 0) is 31.0 Å². The molecule has 27 heavy (non-hydrogen) atoms. The molecular weight excluding hydrogens is 349 g/mol. The Hall–Kier alpha value is -3.03. The van der Waals surface area contributed by atoms with Crippen LogP contribution in [0.2, 0.25) is 0 Å². The number of hydrogen-bond donors (Lipinski definition) is 1. The van der Waals surface area contributed by atoms with Gasteiger partial charge in [0.2, 0.25) is 12.4 Å². The Morgan fingerprint density at radius 2 is 1.96 bits per heavy atom. The molecule has 1 aromatic carbocycles. The van der Waals surface area contributed by atoms with Gasteiger partial charge in [0, 0.05) is 38.4 Å². The Morgan fingerprint density at radius 1 is 1.22 bits per heavy atom. The van der Waals surface area contributed by atoms with Crippen LogP contribution in [0.5, 0.6) is 0 Å². The van der Waals surface area contributed by atoms with Gasteiger partial charge in [-0.2, -0.15) is 0 Å². The fourth-order valence-corrected chi connectivity index (χ4v) is 2.94. The van der Waals surface area contributed by atoms with E-state index in [1.807, 2.05) is 11.8 Å². The monoisotopic (exact) mass is 371 g/mol. The number of aryl methyl sites for hydroxylation is 1. The van der Waals surface area contributed by atoms with Gasteiger partial charge >= 0.3 is 0 Å². The normalized spacial score (nSPS) is 14.1. The minimum absolute atomic E-state index is 0.276. The molecule has 0 saturated carbocycles. The fraction of sp³-hybridized carbons (Fsp3) is 0.368. The number of nitrogens with zero attached hydrogens (tertiary/aromatic N) is 4. The van der Waals surface area contributed by atoms with Crippen LogP contribution in [0.4, 0.5) is 10.3 Å². The summed E-state index contributed by atoms with van der Waals surface area (Å²) in [5, 5.41) is 2.78. The molecule has 0 atom stereocenters. The zero-order valence-corrected chi connectivity index (χ0v) is 15.2. The van der Waals surface area contributed by atoms with Crippen LogP contribution in [-0.4, -0.2) is 59.9 Å². The van der Waals surface area contributed by atoms with Crippen molar-refractivity contribution in [3.8, 4) is 0 Å². The molecule has 1 aliphatic heterocycles. The number of hydrogen-bond acceptors (Lipinski definition) is 5. The molecule has 2 aromatic rings. The van der Waals surface area contributed by atoms with Gasteiger partial charge in [0.1, 0.15) is 11.5 Å². The van der Waals surface area contributed by atoms with Crippen molar-refractivity contribution < 1.29 is 14.0 Å². The van der Waals surface area contributed by atoms with Gasteiger partial charge in [-0.25, -0.2) is 14.4 Å². The molecule has 142 valence electrons. The van der Waals surface area contributed by atoms with Crippen molar-refractivity contribution in [2.24, 2.45) is 0 Å². The lowest BCUT2D eigenvalue weighted by Gasteiger charge is -2.32.